The summed E-state index contributed by atoms with van der Waals surface area (Å²) in [5.41, 5.74) is 2.26. The summed E-state index contributed by atoms with van der Waals surface area (Å²) in [7, 11) is 0. The van der Waals surface area contributed by atoms with E-state index in [1.165, 1.54) is 16.7 Å². The Morgan fingerprint density at radius 3 is 2.68 bits per heavy atom. The number of carboxylic acids is 1. The third kappa shape index (κ3) is 3.96. The van der Waals surface area contributed by atoms with Gasteiger partial charge in [-0.15, -0.1) is 0 Å². The highest BCUT2D eigenvalue weighted by Gasteiger charge is 2.12. The molecule has 0 spiro atoms. The second-order valence-corrected chi connectivity index (χ2v) is 6.29. The molecule has 0 unspecified atom stereocenters. The number of rotatable bonds is 7. The number of hydrogen-bond acceptors (Lipinski definition) is 4. The summed E-state index contributed by atoms with van der Waals surface area (Å²) in [6.07, 6.45) is 6.35. The van der Waals surface area contributed by atoms with Crippen molar-refractivity contribution in [3.8, 4) is 5.75 Å². The van der Waals surface area contributed by atoms with Gasteiger partial charge in [-0.2, -0.15) is 0 Å². The molecule has 2 heterocycles. The van der Waals surface area contributed by atoms with E-state index in [-0.39, 0.29) is 11.1 Å². The quantitative estimate of drug-likeness (QED) is 0.674. The summed E-state index contributed by atoms with van der Waals surface area (Å²) in [5.74, 6) is -0.316. The monoisotopic (exact) mass is 378 g/mol. The summed E-state index contributed by atoms with van der Waals surface area (Å²) < 4.78 is 6.95. The normalized spacial score (nSPS) is 11.2. The SMILES string of the molecule is CCCc1c(C=Cc2ccccc2OCC)nc2ccc(C(=O)O)cn2c1=O. The highest BCUT2D eigenvalue weighted by atomic mass is 16.5. The number of ether oxygens (including phenoxy) is 1. The average Bonchev–Trinajstić information content (AvgIpc) is 2.69. The number of fused-ring (bicyclic) bond motifs is 1. The molecular formula is C22H22N2O4. The molecular weight excluding hydrogens is 356 g/mol. The minimum Gasteiger partial charge on any atom is -0.493 e. The van der Waals surface area contributed by atoms with E-state index in [0.29, 0.717) is 29.9 Å². The van der Waals surface area contributed by atoms with Crippen LogP contribution in [0.15, 0.2) is 47.4 Å². The fraction of sp³-hybridized carbons (Fsp3) is 0.227. The average molecular weight is 378 g/mol. The Kier molecular flexibility index (Phi) is 5.89. The van der Waals surface area contributed by atoms with Crippen LogP contribution in [0.4, 0.5) is 0 Å². The zero-order chi connectivity index (χ0) is 20.1. The van der Waals surface area contributed by atoms with Crippen LogP contribution in [0.25, 0.3) is 17.8 Å². The Balaban J connectivity index is 2.12. The predicted octanol–water partition coefficient (Wildman–Crippen LogP) is 3.91. The van der Waals surface area contributed by atoms with Crippen LogP contribution >= 0.6 is 0 Å². The maximum atomic E-state index is 13.0. The Hall–Kier alpha value is -3.41. The molecule has 0 saturated carbocycles. The van der Waals surface area contributed by atoms with E-state index in [1.54, 1.807) is 6.07 Å². The molecule has 2 aromatic heterocycles. The number of aromatic carboxylic acids is 1. The van der Waals surface area contributed by atoms with E-state index in [1.807, 2.05) is 50.3 Å². The summed E-state index contributed by atoms with van der Waals surface area (Å²) in [5, 5.41) is 9.18. The van der Waals surface area contributed by atoms with Crippen LogP contribution in [-0.4, -0.2) is 27.1 Å². The molecule has 6 heteroatoms. The minimum absolute atomic E-state index is 0.0489. The zero-order valence-electron chi connectivity index (χ0n) is 15.9. The van der Waals surface area contributed by atoms with Crippen molar-refractivity contribution in [2.75, 3.05) is 6.61 Å². The van der Waals surface area contributed by atoms with E-state index in [4.69, 9.17) is 4.74 Å². The molecule has 144 valence electrons. The molecule has 0 aliphatic rings. The van der Waals surface area contributed by atoms with Gasteiger partial charge in [-0.3, -0.25) is 9.20 Å². The van der Waals surface area contributed by atoms with Crippen molar-refractivity contribution in [3.05, 3.63) is 75.3 Å². The van der Waals surface area contributed by atoms with Gasteiger partial charge < -0.3 is 9.84 Å². The van der Waals surface area contributed by atoms with Crippen molar-refractivity contribution in [1.82, 2.24) is 9.38 Å². The van der Waals surface area contributed by atoms with Gasteiger partial charge in [-0.25, -0.2) is 9.78 Å². The second kappa shape index (κ2) is 8.52. The lowest BCUT2D eigenvalue weighted by Crippen LogP contribution is -2.22. The van der Waals surface area contributed by atoms with Crippen LogP contribution in [0.5, 0.6) is 5.75 Å². The molecule has 0 aliphatic heterocycles. The predicted molar refractivity (Wildman–Crippen MR) is 109 cm³/mol. The van der Waals surface area contributed by atoms with Gasteiger partial charge in [0.05, 0.1) is 17.9 Å². The Bertz CT molecular complexity index is 1100. The molecule has 1 aromatic carbocycles. The van der Waals surface area contributed by atoms with Crippen LogP contribution in [-0.2, 0) is 6.42 Å². The van der Waals surface area contributed by atoms with E-state index < -0.39 is 5.97 Å². The first-order valence-electron chi connectivity index (χ1n) is 9.23. The standard InChI is InChI=1S/C22H22N2O4/c1-3-7-17-18(12-10-15-8-5-6-9-19(15)28-4-2)23-20-13-11-16(22(26)27)14-24(20)21(17)25/h5-6,8-14H,3-4,7H2,1-2H3,(H,26,27). The van der Waals surface area contributed by atoms with E-state index in [2.05, 4.69) is 4.98 Å². The summed E-state index contributed by atoms with van der Waals surface area (Å²) in [6, 6.07) is 10.7. The number of nitrogens with zero attached hydrogens (tertiary/aromatic N) is 2. The molecule has 0 radical (unpaired) electrons. The molecule has 0 amide bonds. The van der Waals surface area contributed by atoms with Crippen molar-refractivity contribution >= 4 is 23.8 Å². The number of benzene rings is 1. The number of pyridine rings is 1. The minimum atomic E-state index is -1.08. The molecule has 0 fully saturated rings. The Labute approximate surface area is 162 Å². The van der Waals surface area contributed by atoms with Crippen LogP contribution in [0, 0.1) is 0 Å². The van der Waals surface area contributed by atoms with Crippen LogP contribution in [0.1, 0.15) is 47.4 Å². The Morgan fingerprint density at radius 1 is 1.18 bits per heavy atom. The second-order valence-electron chi connectivity index (χ2n) is 6.29. The fourth-order valence-electron chi connectivity index (χ4n) is 3.02. The lowest BCUT2D eigenvalue weighted by Gasteiger charge is -2.09. The van der Waals surface area contributed by atoms with Crippen molar-refractivity contribution in [2.45, 2.75) is 26.7 Å². The maximum Gasteiger partial charge on any atom is 0.337 e. The number of carboxylic acid groups (broad SMARTS) is 1. The third-order valence-corrected chi connectivity index (χ3v) is 4.33. The van der Waals surface area contributed by atoms with Gasteiger partial charge in [0, 0.05) is 17.3 Å². The van der Waals surface area contributed by atoms with Gasteiger partial charge >= 0.3 is 5.97 Å². The molecule has 0 saturated heterocycles. The van der Waals surface area contributed by atoms with E-state index >= 15 is 0 Å². The van der Waals surface area contributed by atoms with Gasteiger partial charge in [-0.05, 0) is 43.7 Å². The number of aromatic nitrogens is 2. The van der Waals surface area contributed by atoms with Gasteiger partial charge in [0.2, 0.25) is 0 Å². The van der Waals surface area contributed by atoms with Gasteiger partial charge in [0.15, 0.2) is 0 Å². The van der Waals surface area contributed by atoms with Crippen molar-refractivity contribution in [2.24, 2.45) is 0 Å². The molecule has 1 N–H and O–H groups in total. The largest absolute Gasteiger partial charge is 0.493 e. The Morgan fingerprint density at radius 2 is 1.96 bits per heavy atom. The third-order valence-electron chi connectivity index (χ3n) is 4.33. The van der Waals surface area contributed by atoms with Gasteiger partial charge in [0.1, 0.15) is 11.4 Å². The molecule has 6 nitrogen and oxygen atoms in total. The topological polar surface area (TPSA) is 80.9 Å². The molecule has 3 rings (SSSR count). The van der Waals surface area contributed by atoms with E-state index in [9.17, 15) is 14.7 Å². The van der Waals surface area contributed by atoms with Gasteiger partial charge in [-0.1, -0.05) is 31.5 Å². The molecule has 3 aromatic rings. The van der Waals surface area contributed by atoms with Crippen LogP contribution < -0.4 is 10.3 Å². The first-order valence-corrected chi connectivity index (χ1v) is 9.23. The van der Waals surface area contributed by atoms with Crippen LogP contribution in [0.3, 0.4) is 0 Å². The van der Waals surface area contributed by atoms with Gasteiger partial charge in [0.25, 0.3) is 5.56 Å². The lowest BCUT2D eigenvalue weighted by molar-refractivity contribution is 0.0696. The maximum absolute atomic E-state index is 13.0. The number of carbonyl (C=O) groups is 1. The lowest BCUT2D eigenvalue weighted by atomic mass is 10.1. The van der Waals surface area contributed by atoms with Crippen molar-refractivity contribution in [3.63, 3.8) is 0 Å². The molecule has 0 atom stereocenters. The summed E-state index contributed by atoms with van der Waals surface area (Å²) in [4.78, 5) is 28.8. The summed E-state index contributed by atoms with van der Waals surface area (Å²) >= 11 is 0. The smallest absolute Gasteiger partial charge is 0.337 e. The van der Waals surface area contributed by atoms with Crippen molar-refractivity contribution < 1.29 is 14.6 Å². The van der Waals surface area contributed by atoms with E-state index in [0.717, 1.165) is 17.7 Å². The highest BCUT2D eigenvalue weighted by molar-refractivity contribution is 5.87. The molecule has 0 bridgehead atoms. The number of para-hydroxylation sites is 1. The highest BCUT2D eigenvalue weighted by Crippen LogP contribution is 2.21. The molecule has 0 aliphatic carbocycles. The summed E-state index contributed by atoms with van der Waals surface area (Å²) in [6.45, 7) is 4.48. The van der Waals surface area contributed by atoms with Crippen molar-refractivity contribution in [1.29, 1.82) is 0 Å². The number of hydrogen-bond donors (Lipinski definition) is 1. The fourth-order valence-corrected chi connectivity index (χ4v) is 3.02. The molecule has 28 heavy (non-hydrogen) atoms. The zero-order valence-corrected chi connectivity index (χ0v) is 15.9. The first kappa shape index (κ1) is 19.4. The first-order chi connectivity index (χ1) is 13.5. The van der Waals surface area contributed by atoms with Crippen LogP contribution in [0.2, 0.25) is 0 Å².